The maximum Gasteiger partial charge on any atom is 0.287 e. The number of carbonyl (C=O) groups is 1. The molecule has 0 saturated carbocycles. The summed E-state index contributed by atoms with van der Waals surface area (Å²) in [5.74, 6) is -0.476. The Hall–Kier alpha value is -1.88. The SMILES string of the molecule is Cc1c(C(=O)NCCC[NH+]2CCCC[C@@H]2C)oc2c(F)cccc12. The van der Waals surface area contributed by atoms with E-state index in [0.29, 0.717) is 17.5 Å². The van der Waals surface area contributed by atoms with Crippen LogP contribution in [0.2, 0.25) is 0 Å². The first-order chi connectivity index (χ1) is 11.6. The molecule has 1 aliphatic rings. The fraction of sp³-hybridized carbons (Fsp3) is 0.526. The number of para-hydroxylation sites is 1. The molecule has 2 aromatic rings. The van der Waals surface area contributed by atoms with E-state index in [1.54, 1.807) is 24.0 Å². The molecular weight excluding hydrogens is 307 g/mol. The highest BCUT2D eigenvalue weighted by molar-refractivity contribution is 5.98. The number of carbonyl (C=O) groups excluding carboxylic acids is 1. The molecule has 1 fully saturated rings. The van der Waals surface area contributed by atoms with Gasteiger partial charge in [-0.1, -0.05) is 12.1 Å². The number of furan rings is 1. The molecule has 130 valence electrons. The van der Waals surface area contributed by atoms with Crippen LogP contribution in [0.3, 0.4) is 0 Å². The number of benzene rings is 1. The average molecular weight is 333 g/mol. The van der Waals surface area contributed by atoms with Gasteiger partial charge in [0.2, 0.25) is 0 Å². The maximum absolute atomic E-state index is 13.8. The van der Waals surface area contributed by atoms with Crippen molar-refractivity contribution in [3.8, 4) is 0 Å². The molecule has 5 heteroatoms. The molecular formula is C19H26FN2O2+. The van der Waals surface area contributed by atoms with Gasteiger partial charge in [0.05, 0.1) is 19.1 Å². The minimum atomic E-state index is -0.433. The fourth-order valence-corrected chi connectivity index (χ4v) is 3.65. The molecule has 2 atom stereocenters. The Morgan fingerprint density at radius 1 is 1.42 bits per heavy atom. The highest BCUT2D eigenvalue weighted by Crippen LogP contribution is 2.27. The summed E-state index contributed by atoms with van der Waals surface area (Å²) in [6, 6.07) is 5.46. The van der Waals surface area contributed by atoms with Crippen molar-refractivity contribution in [2.75, 3.05) is 19.6 Å². The van der Waals surface area contributed by atoms with E-state index in [4.69, 9.17) is 4.42 Å². The van der Waals surface area contributed by atoms with Crippen LogP contribution in [0.5, 0.6) is 0 Å². The summed E-state index contributed by atoms with van der Waals surface area (Å²) in [5, 5.41) is 3.57. The first kappa shape index (κ1) is 17.0. The molecule has 0 spiro atoms. The second-order valence-electron chi connectivity index (χ2n) is 6.84. The Balaban J connectivity index is 1.56. The monoisotopic (exact) mass is 333 g/mol. The minimum absolute atomic E-state index is 0.159. The van der Waals surface area contributed by atoms with Crippen LogP contribution in [-0.4, -0.2) is 31.6 Å². The molecule has 1 saturated heterocycles. The summed E-state index contributed by atoms with van der Waals surface area (Å²) in [7, 11) is 0. The second kappa shape index (κ2) is 7.34. The van der Waals surface area contributed by atoms with Crippen LogP contribution in [0.25, 0.3) is 11.0 Å². The van der Waals surface area contributed by atoms with Crippen LogP contribution in [0.4, 0.5) is 4.39 Å². The van der Waals surface area contributed by atoms with Gasteiger partial charge in [0.25, 0.3) is 5.91 Å². The minimum Gasteiger partial charge on any atom is -0.448 e. The number of quaternary nitrogens is 1. The lowest BCUT2D eigenvalue weighted by Gasteiger charge is -2.30. The number of piperidine rings is 1. The molecule has 1 aromatic heterocycles. The summed E-state index contributed by atoms with van der Waals surface area (Å²) < 4.78 is 19.2. The number of nitrogens with one attached hydrogen (secondary N) is 2. The fourth-order valence-electron chi connectivity index (χ4n) is 3.65. The largest absolute Gasteiger partial charge is 0.448 e. The molecule has 0 aliphatic carbocycles. The lowest BCUT2D eigenvalue weighted by molar-refractivity contribution is -0.928. The van der Waals surface area contributed by atoms with Crippen molar-refractivity contribution in [3.05, 3.63) is 35.3 Å². The van der Waals surface area contributed by atoms with Gasteiger partial charge in [0.1, 0.15) is 0 Å². The number of hydrogen-bond acceptors (Lipinski definition) is 2. The Kier molecular flexibility index (Phi) is 5.19. The van der Waals surface area contributed by atoms with Gasteiger partial charge in [-0.2, -0.15) is 0 Å². The van der Waals surface area contributed by atoms with Crippen molar-refractivity contribution in [3.63, 3.8) is 0 Å². The van der Waals surface area contributed by atoms with Crippen LogP contribution in [-0.2, 0) is 0 Å². The molecule has 0 bridgehead atoms. The van der Waals surface area contributed by atoms with E-state index in [-0.39, 0.29) is 17.3 Å². The van der Waals surface area contributed by atoms with Crippen molar-refractivity contribution in [2.24, 2.45) is 0 Å². The number of aryl methyl sites for hydroxylation is 1. The van der Waals surface area contributed by atoms with Crippen molar-refractivity contribution in [1.82, 2.24) is 5.32 Å². The summed E-state index contributed by atoms with van der Waals surface area (Å²) in [6.45, 7) is 7.03. The smallest absolute Gasteiger partial charge is 0.287 e. The van der Waals surface area contributed by atoms with Gasteiger partial charge in [0.15, 0.2) is 17.2 Å². The summed E-state index contributed by atoms with van der Waals surface area (Å²) >= 11 is 0. The van der Waals surface area contributed by atoms with E-state index in [1.165, 1.54) is 31.9 Å². The van der Waals surface area contributed by atoms with Crippen LogP contribution in [0, 0.1) is 12.7 Å². The predicted molar refractivity (Wildman–Crippen MR) is 91.9 cm³/mol. The number of rotatable bonds is 5. The molecule has 2 N–H and O–H groups in total. The lowest BCUT2D eigenvalue weighted by Crippen LogP contribution is -3.16. The third-order valence-corrected chi connectivity index (χ3v) is 5.16. The zero-order valence-corrected chi connectivity index (χ0v) is 14.5. The predicted octanol–water partition coefficient (Wildman–Crippen LogP) is 2.46. The third-order valence-electron chi connectivity index (χ3n) is 5.16. The topological polar surface area (TPSA) is 46.7 Å². The van der Waals surface area contributed by atoms with Crippen LogP contribution in [0.1, 0.15) is 48.7 Å². The zero-order valence-electron chi connectivity index (χ0n) is 14.5. The van der Waals surface area contributed by atoms with Crippen molar-refractivity contribution < 1.29 is 18.5 Å². The number of hydrogen-bond donors (Lipinski definition) is 2. The number of amides is 1. The van der Waals surface area contributed by atoms with E-state index in [0.717, 1.165) is 19.0 Å². The molecule has 1 aliphatic heterocycles. The molecule has 3 rings (SSSR count). The van der Waals surface area contributed by atoms with E-state index < -0.39 is 5.82 Å². The van der Waals surface area contributed by atoms with Crippen molar-refractivity contribution >= 4 is 16.9 Å². The Morgan fingerprint density at radius 2 is 2.25 bits per heavy atom. The summed E-state index contributed by atoms with van der Waals surface area (Å²) in [5.41, 5.74) is 0.851. The Bertz CT molecular complexity index is 725. The highest BCUT2D eigenvalue weighted by Gasteiger charge is 2.22. The molecule has 1 aromatic carbocycles. The quantitative estimate of drug-likeness (QED) is 0.826. The molecule has 0 radical (unpaired) electrons. The molecule has 24 heavy (non-hydrogen) atoms. The van der Waals surface area contributed by atoms with Gasteiger partial charge in [-0.05, 0) is 39.2 Å². The Labute approximate surface area is 142 Å². The summed E-state index contributed by atoms with van der Waals surface area (Å²) in [4.78, 5) is 14.0. The van der Waals surface area contributed by atoms with Crippen LogP contribution >= 0.6 is 0 Å². The van der Waals surface area contributed by atoms with E-state index in [2.05, 4.69) is 12.2 Å². The molecule has 1 unspecified atom stereocenters. The van der Waals surface area contributed by atoms with Gasteiger partial charge in [-0.3, -0.25) is 4.79 Å². The maximum atomic E-state index is 13.8. The Morgan fingerprint density at radius 3 is 3.00 bits per heavy atom. The van der Waals surface area contributed by atoms with Crippen LogP contribution < -0.4 is 10.2 Å². The normalized spacial score (nSPS) is 21.1. The number of fused-ring (bicyclic) bond motifs is 1. The lowest BCUT2D eigenvalue weighted by atomic mass is 10.0. The second-order valence-corrected chi connectivity index (χ2v) is 6.84. The van der Waals surface area contributed by atoms with Crippen molar-refractivity contribution in [2.45, 2.75) is 45.6 Å². The molecule has 1 amide bonds. The van der Waals surface area contributed by atoms with E-state index in [9.17, 15) is 9.18 Å². The van der Waals surface area contributed by atoms with Gasteiger partial charge in [-0.15, -0.1) is 0 Å². The van der Waals surface area contributed by atoms with Gasteiger partial charge in [-0.25, -0.2) is 4.39 Å². The highest BCUT2D eigenvalue weighted by atomic mass is 19.1. The van der Waals surface area contributed by atoms with E-state index in [1.807, 2.05) is 0 Å². The van der Waals surface area contributed by atoms with E-state index >= 15 is 0 Å². The standard InChI is InChI=1S/C19H25FN2O2/c1-13-7-3-4-11-22(13)12-6-10-21-19(23)17-14(2)15-8-5-9-16(20)18(15)24-17/h5,8-9,13H,3-4,6-7,10-12H2,1-2H3,(H,21,23)/p+1/t13-/m0/s1. The van der Waals surface area contributed by atoms with Gasteiger partial charge in [0, 0.05) is 23.9 Å². The van der Waals surface area contributed by atoms with Crippen LogP contribution in [0.15, 0.2) is 22.6 Å². The van der Waals surface area contributed by atoms with Gasteiger partial charge >= 0.3 is 0 Å². The molecule has 4 nitrogen and oxygen atoms in total. The average Bonchev–Trinajstić information content (AvgIpc) is 2.92. The number of halogens is 1. The van der Waals surface area contributed by atoms with Gasteiger partial charge < -0.3 is 14.6 Å². The van der Waals surface area contributed by atoms with Crippen molar-refractivity contribution in [1.29, 1.82) is 0 Å². The number of likely N-dealkylation sites (tertiary alicyclic amines) is 1. The zero-order chi connectivity index (χ0) is 17.1. The first-order valence-electron chi connectivity index (χ1n) is 8.88. The first-order valence-corrected chi connectivity index (χ1v) is 8.88. The summed E-state index contributed by atoms with van der Waals surface area (Å²) in [6.07, 6.45) is 4.88. The molecule has 2 heterocycles. The third kappa shape index (κ3) is 3.46.